The van der Waals surface area contributed by atoms with Crippen molar-refractivity contribution in [3.05, 3.63) is 0 Å². The van der Waals surface area contributed by atoms with Crippen LogP contribution in [0.3, 0.4) is 0 Å². The van der Waals surface area contributed by atoms with Crippen molar-refractivity contribution in [3.63, 3.8) is 0 Å². The molecule has 0 saturated heterocycles. The van der Waals surface area contributed by atoms with Gasteiger partial charge in [0.2, 0.25) is 5.91 Å². The van der Waals surface area contributed by atoms with Gasteiger partial charge in [-0.3, -0.25) is 4.79 Å². The lowest BCUT2D eigenvalue weighted by Crippen LogP contribution is -2.48. The Bertz CT molecular complexity index is 303. The molecule has 2 saturated carbocycles. The van der Waals surface area contributed by atoms with Gasteiger partial charge in [0.1, 0.15) is 0 Å². The quantitative estimate of drug-likeness (QED) is 0.722. The van der Waals surface area contributed by atoms with Crippen LogP contribution in [-0.2, 0) is 4.79 Å². The van der Waals surface area contributed by atoms with E-state index in [9.17, 15) is 9.90 Å². The average Bonchev–Trinajstić information content (AvgIpc) is 2.46. The summed E-state index contributed by atoms with van der Waals surface area (Å²) in [5, 5.41) is 16.2. The maximum Gasteiger partial charge on any atom is 0.237 e. The van der Waals surface area contributed by atoms with Crippen LogP contribution in [0.1, 0.15) is 64.7 Å². The van der Waals surface area contributed by atoms with Gasteiger partial charge in [-0.2, -0.15) is 0 Å². The minimum absolute atomic E-state index is 0.129. The number of hydrogen-bond acceptors (Lipinski definition) is 3. The van der Waals surface area contributed by atoms with Gasteiger partial charge in [-0.05, 0) is 51.5 Å². The van der Waals surface area contributed by atoms with E-state index in [1.165, 1.54) is 25.7 Å². The van der Waals surface area contributed by atoms with Crippen LogP contribution < -0.4 is 10.6 Å². The van der Waals surface area contributed by atoms with Gasteiger partial charge in [-0.15, -0.1) is 0 Å². The first-order chi connectivity index (χ1) is 9.65. The third-order valence-corrected chi connectivity index (χ3v) is 4.81. The molecule has 0 aromatic rings. The molecule has 0 bridgehead atoms. The van der Waals surface area contributed by atoms with Crippen LogP contribution in [0.15, 0.2) is 0 Å². The fourth-order valence-electron chi connectivity index (χ4n) is 3.46. The Hall–Kier alpha value is -0.610. The van der Waals surface area contributed by atoms with Crippen LogP contribution in [0.5, 0.6) is 0 Å². The van der Waals surface area contributed by atoms with Crippen molar-refractivity contribution in [2.75, 3.05) is 6.54 Å². The number of rotatable bonds is 5. The molecule has 2 rings (SSSR count). The standard InChI is InChI=1S/C16H30N2O2/c1-12(16(20)18-14-7-3-2-4-8-14)17-11-13-6-5-9-15(19)10-13/h12-15,17,19H,2-11H2,1H3,(H,18,20). The molecule has 0 aromatic heterocycles. The molecule has 0 spiro atoms. The predicted molar refractivity (Wildman–Crippen MR) is 80.4 cm³/mol. The van der Waals surface area contributed by atoms with E-state index in [-0.39, 0.29) is 18.1 Å². The minimum atomic E-state index is -0.137. The summed E-state index contributed by atoms with van der Waals surface area (Å²) in [5.41, 5.74) is 0. The summed E-state index contributed by atoms with van der Waals surface area (Å²) in [4.78, 5) is 12.1. The van der Waals surface area contributed by atoms with Gasteiger partial charge in [-0.1, -0.05) is 25.7 Å². The molecule has 3 atom stereocenters. The van der Waals surface area contributed by atoms with E-state index in [4.69, 9.17) is 0 Å². The van der Waals surface area contributed by atoms with Crippen LogP contribution in [0, 0.1) is 5.92 Å². The van der Waals surface area contributed by atoms with Crippen LogP contribution in [0.25, 0.3) is 0 Å². The Kier molecular flexibility index (Phi) is 6.30. The molecule has 4 heteroatoms. The fourth-order valence-corrected chi connectivity index (χ4v) is 3.46. The van der Waals surface area contributed by atoms with E-state index in [0.29, 0.717) is 12.0 Å². The molecule has 1 amide bonds. The highest BCUT2D eigenvalue weighted by atomic mass is 16.3. The first-order valence-electron chi connectivity index (χ1n) is 8.37. The van der Waals surface area contributed by atoms with Gasteiger partial charge in [0, 0.05) is 6.04 Å². The van der Waals surface area contributed by atoms with Crippen molar-refractivity contribution in [3.8, 4) is 0 Å². The number of carbonyl (C=O) groups excluding carboxylic acids is 1. The Balaban J connectivity index is 1.65. The van der Waals surface area contributed by atoms with Gasteiger partial charge in [0.25, 0.3) is 0 Å². The Labute approximate surface area is 122 Å². The first-order valence-corrected chi connectivity index (χ1v) is 8.37. The van der Waals surface area contributed by atoms with Gasteiger partial charge < -0.3 is 15.7 Å². The summed E-state index contributed by atoms with van der Waals surface area (Å²) >= 11 is 0. The van der Waals surface area contributed by atoms with Gasteiger partial charge >= 0.3 is 0 Å². The molecule has 0 aromatic carbocycles. The number of amides is 1. The van der Waals surface area contributed by atoms with Crippen molar-refractivity contribution in [1.82, 2.24) is 10.6 Å². The highest BCUT2D eigenvalue weighted by Crippen LogP contribution is 2.23. The van der Waals surface area contributed by atoms with Crippen molar-refractivity contribution in [2.45, 2.75) is 82.9 Å². The third kappa shape index (κ3) is 5.06. The molecule has 2 aliphatic carbocycles. The Morgan fingerprint density at radius 3 is 2.60 bits per heavy atom. The molecule has 4 nitrogen and oxygen atoms in total. The number of aliphatic hydroxyl groups excluding tert-OH is 1. The second-order valence-corrected chi connectivity index (χ2v) is 6.66. The zero-order chi connectivity index (χ0) is 14.4. The zero-order valence-corrected chi connectivity index (χ0v) is 12.7. The molecule has 3 N–H and O–H groups in total. The average molecular weight is 282 g/mol. The normalized spacial score (nSPS) is 29.9. The smallest absolute Gasteiger partial charge is 0.237 e. The van der Waals surface area contributed by atoms with Gasteiger partial charge in [0.05, 0.1) is 12.1 Å². The van der Waals surface area contributed by atoms with E-state index in [2.05, 4.69) is 10.6 Å². The second kappa shape index (κ2) is 7.99. The topological polar surface area (TPSA) is 61.4 Å². The Morgan fingerprint density at radius 1 is 1.15 bits per heavy atom. The molecule has 0 radical (unpaired) electrons. The lowest BCUT2D eigenvalue weighted by atomic mass is 9.87. The number of carbonyl (C=O) groups is 1. The van der Waals surface area contributed by atoms with E-state index >= 15 is 0 Å². The van der Waals surface area contributed by atoms with Crippen LogP contribution in [0.4, 0.5) is 0 Å². The SMILES string of the molecule is CC(NCC1CCCC(O)C1)C(=O)NC1CCCCC1. The van der Waals surface area contributed by atoms with Crippen molar-refractivity contribution >= 4 is 5.91 Å². The van der Waals surface area contributed by atoms with E-state index in [1.54, 1.807) is 0 Å². The summed E-state index contributed by atoms with van der Waals surface area (Å²) < 4.78 is 0. The maximum atomic E-state index is 12.1. The number of aliphatic hydroxyl groups is 1. The molecule has 3 unspecified atom stereocenters. The molecular formula is C16H30N2O2. The summed E-state index contributed by atoms with van der Waals surface area (Å²) in [5.74, 6) is 0.650. The van der Waals surface area contributed by atoms with Crippen LogP contribution in [-0.4, -0.2) is 35.7 Å². The molecular weight excluding hydrogens is 252 g/mol. The summed E-state index contributed by atoms with van der Waals surface area (Å²) in [6, 6.07) is 0.257. The van der Waals surface area contributed by atoms with E-state index < -0.39 is 0 Å². The molecule has 2 aliphatic rings. The zero-order valence-electron chi connectivity index (χ0n) is 12.7. The lowest BCUT2D eigenvalue weighted by molar-refractivity contribution is -0.123. The van der Waals surface area contributed by atoms with Crippen molar-refractivity contribution < 1.29 is 9.90 Å². The first kappa shape index (κ1) is 15.8. The van der Waals surface area contributed by atoms with E-state index in [1.807, 2.05) is 6.92 Å². The third-order valence-electron chi connectivity index (χ3n) is 4.81. The predicted octanol–water partition coefficient (Wildman–Crippen LogP) is 1.96. The number of nitrogens with one attached hydrogen (secondary N) is 2. The van der Waals surface area contributed by atoms with E-state index in [0.717, 1.165) is 38.6 Å². The summed E-state index contributed by atoms with van der Waals surface area (Å²) in [7, 11) is 0. The second-order valence-electron chi connectivity index (χ2n) is 6.66. The summed E-state index contributed by atoms with van der Waals surface area (Å²) in [6.07, 6.45) is 10.0. The fraction of sp³-hybridized carbons (Fsp3) is 0.938. The largest absolute Gasteiger partial charge is 0.393 e. The van der Waals surface area contributed by atoms with Crippen LogP contribution >= 0.6 is 0 Å². The van der Waals surface area contributed by atoms with Crippen molar-refractivity contribution in [2.24, 2.45) is 5.92 Å². The molecule has 20 heavy (non-hydrogen) atoms. The lowest BCUT2D eigenvalue weighted by Gasteiger charge is -2.28. The molecule has 0 heterocycles. The van der Waals surface area contributed by atoms with Gasteiger partial charge in [-0.25, -0.2) is 0 Å². The summed E-state index contributed by atoms with van der Waals surface area (Å²) in [6.45, 7) is 2.79. The maximum absolute atomic E-state index is 12.1. The highest BCUT2D eigenvalue weighted by Gasteiger charge is 2.23. The molecule has 116 valence electrons. The monoisotopic (exact) mass is 282 g/mol. The van der Waals surface area contributed by atoms with Crippen LogP contribution in [0.2, 0.25) is 0 Å². The molecule has 2 fully saturated rings. The number of hydrogen-bond donors (Lipinski definition) is 3. The van der Waals surface area contributed by atoms with Gasteiger partial charge in [0.15, 0.2) is 0 Å². The molecule has 0 aliphatic heterocycles. The minimum Gasteiger partial charge on any atom is -0.393 e. The van der Waals surface area contributed by atoms with Crippen molar-refractivity contribution in [1.29, 1.82) is 0 Å². The highest BCUT2D eigenvalue weighted by molar-refractivity contribution is 5.81. The Morgan fingerprint density at radius 2 is 1.90 bits per heavy atom.